The van der Waals surface area contributed by atoms with Crippen LogP contribution in [0, 0.1) is 0 Å². The van der Waals surface area contributed by atoms with Crippen LogP contribution in [-0.4, -0.2) is 40.1 Å². The number of aliphatic carboxylic acids is 1. The number of barbiturate groups is 1. The Morgan fingerprint density at radius 3 is 2.56 bits per heavy atom. The molecule has 0 unspecified atom stereocenters. The predicted molar refractivity (Wildman–Crippen MR) is 116 cm³/mol. The quantitative estimate of drug-likeness (QED) is 0.456. The molecule has 1 fully saturated rings. The van der Waals surface area contributed by atoms with E-state index in [1.165, 1.54) is 10.6 Å². The summed E-state index contributed by atoms with van der Waals surface area (Å²) in [5.41, 5.74) is 1.07. The molecule has 1 saturated heterocycles. The molecule has 1 aliphatic rings. The number of carboxylic acids is 1. The summed E-state index contributed by atoms with van der Waals surface area (Å²) >= 11 is 0. The number of rotatable bonds is 6. The zero-order chi connectivity index (χ0) is 22.8. The van der Waals surface area contributed by atoms with E-state index in [9.17, 15) is 24.3 Å². The van der Waals surface area contributed by atoms with Gasteiger partial charge in [-0.15, -0.1) is 0 Å². The molecule has 4 amide bonds. The van der Waals surface area contributed by atoms with E-state index in [1.807, 2.05) is 0 Å². The van der Waals surface area contributed by atoms with Crippen molar-refractivity contribution in [3.8, 4) is 5.75 Å². The maximum atomic E-state index is 13.2. The van der Waals surface area contributed by atoms with Crippen molar-refractivity contribution >= 4 is 46.5 Å². The number of hydrogen-bond donors (Lipinski definition) is 2. The van der Waals surface area contributed by atoms with Gasteiger partial charge in [0.1, 0.15) is 17.9 Å². The Morgan fingerprint density at radius 1 is 1.09 bits per heavy atom. The fourth-order valence-electron chi connectivity index (χ4n) is 3.62. The number of ether oxygens (including phenoxy) is 1. The number of fused-ring (bicyclic) bond motifs is 1. The molecule has 0 spiro atoms. The van der Waals surface area contributed by atoms with Crippen molar-refractivity contribution in [2.45, 2.75) is 13.5 Å². The Morgan fingerprint density at radius 2 is 1.81 bits per heavy atom. The molecule has 0 aliphatic carbocycles. The van der Waals surface area contributed by atoms with Gasteiger partial charge in [0.25, 0.3) is 11.8 Å². The zero-order valence-electron chi connectivity index (χ0n) is 17.1. The minimum absolute atomic E-state index is 0.212. The Hall–Kier alpha value is -4.40. The van der Waals surface area contributed by atoms with Gasteiger partial charge in [-0.1, -0.05) is 30.3 Å². The summed E-state index contributed by atoms with van der Waals surface area (Å²) < 4.78 is 7.04. The van der Waals surface area contributed by atoms with Crippen molar-refractivity contribution in [3.63, 3.8) is 0 Å². The summed E-state index contributed by atoms with van der Waals surface area (Å²) in [6.45, 7) is 1.82. The fraction of sp³-hybridized carbons (Fsp3) is 0.130. The average molecular weight is 433 g/mol. The molecule has 9 nitrogen and oxygen atoms in total. The number of imide groups is 2. The van der Waals surface area contributed by atoms with Crippen LogP contribution in [0.4, 0.5) is 10.5 Å². The lowest BCUT2D eigenvalue weighted by Gasteiger charge is -2.27. The number of urea groups is 1. The minimum atomic E-state index is -1.03. The molecule has 3 aromatic rings. The van der Waals surface area contributed by atoms with Gasteiger partial charge >= 0.3 is 12.0 Å². The van der Waals surface area contributed by atoms with Crippen LogP contribution in [0.15, 0.2) is 60.3 Å². The summed E-state index contributed by atoms with van der Waals surface area (Å²) in [7, 11) is 0. The smallest absolute Gasteiger partial charge is 0.336 e. The monoisotopic (exact) mass is 433 g/mol. The molecular weight excluding hydrogens is 414 g/mol. The highest BCUT2D eigenvalue weighted by molar-refractivity contribution is 6.39. The van der Waals surface area contributed by atoms with Crippen molar-refractivity contribution < 1.29 is 29.0 Å². The highest BCUT2D eigenvalue weighted by Crippen LogP contribution is 2.32. The second kappa shape index (κ2) is 8.38. The molecule has 2 heterocycles. The lowest BCUT2D eigenvalue weighted by atomic mass is 10.1. The van der Waals surface area contributed by atoms with Crippen LogP contribution in [0.2, 0.25) is 0 Å². The second-order valence-corrected chi connectivity index (χ2v) is 6.98. The highest BCUT2D eigenvalue weighted by Gasteiger charge is 2.38. The van der Waals surface area contributed by atoms with E-state index < -0.39 is 23.8 Å². The molecule has 0 radical (unpaired) electrons. The number of aromatic nitrogens is 1. The van der Waals surface area contributed by atoms with Gasteiger partial charge in [-0.05, 0) is 31.2 Å². The molecular formula is C23H19N3O6. The number of anilines is 1. The second-order valence-electron chi connectivity index (χ2n) is 6.98. The summed E-state index contributed by atoms with van der Waals surface area (Å²) in [5.74, 6) is -2.34. The van der Waals surface area contributed by atoms with Crippen molar-refractivity contribution in [3.05, 3.63) is 65.9 Å². The zero-order valence-corrected chi connectivity index (χ0v) is 17.1. The topological polar surface area (TPSA) is 118 Å². The Kier molecular flexibility index (Phi) is 5.46. The Labute approximate surface area is 182 Å². The molecule has 2 N–H and O–H groups in total. The number of amides is 4. The molecule has 162 valence electrons. The molecule has 2 aromatic carbocycles. The maximum Gasteiger partial charge on any atom is 0.336 e. The van der Waals surface area contributed by atoms with E-state index in [2.05, 4.69) is 5.32 Å². The van der Waals surface area contributed by atoms with Gasteiger partial charge in [0.15, 0.2) is 0 Å². The molecule has 4 rings (SSSR count). The fourth-order valence-corrected chi connectivity index (χ4v) is 3.62. The van der Waals surface area contributed by atoms with Gasteiger partial charge in [0.05, 0.1) is 12.3 Å². The van der Waals surface area contributed by atoms with E-state index >= 15 is 0 Å². The third-order valence-corrected chi connectivity index (χ3v) is 4.93. The third-order valence-electron chi connectivity index (χ3n) is 4.93. The van der Waals surface area contributed by atoms with Gasteiger partial charge < -0.3 is 14.4 Å². The number of benzene rings is 2. The van der Waals surface area contributed by atoms with Crippen LogP contribution >= 0.6 is 0 Å². The van der Waals surface area contributed by atoms with Crippen molar-refractivity contribution in [1.82, 2.24) is 9.88 Å². The number of para-hydroxylation sites is 3. The molecule has 32 heavy (non-hydrogen) atoms. The number of hydrogen-bond acceptors (Lipinski definition) is 5. The van der Waals surface area contributed by atoms with E-state index in [0.29, 0.717) is 28.8 Å². The number of nitrogens with one attached hydrogen (secondary N) is 1. The molecule has 0 saturated carbocycles. The van der Waals surface area contributed by atoms with Gasteiger partial charge in [0.2, 0.25) is 0 Å². The van der Waals surface area contributed by atoms with E-state index in [0.717, 1.165) is 4.90 Å². The number of carboxylic acid groups (broad SMARTS) is 1. The van der Waals surface area contributed by atoms with Crippen LogP contribution in [0.5, 0.6) is 5.75 Å². The van der Waals surface area contributed by atoms with Gasteiger partial charge in [-0.3, -0.25) is 19.7 Å². The van der Waals surface area contributed by atoms with Gasteiger partial charge in [-0.2, -0.15) is 0 Å². The SMILES string of the molecule is CCOc1ccccc1N1C(=O)NC(=O)/C(=C/c2cn(CC(=O)O)c3ccccc23)C1=O. The van der Waals surface area contributed by atoms with Gasteiger partial charge in [-0.25, -0.2) is 9.69 Å². The average Bonchev–Trinajstić information content (AvgIpc) is 3.09. The maximum absolute atomic E-state index is 13.2. The van der Waals surface area contributed by atoms with Crippen molar-refractivity contribution in [2.75, 3.05) is 11.5 Å². The number of carbonyl (C=O) groups is 4. The number of nitrogens with zero attached hydrogens (tertiary/aromatic N) is 2. The van der Waals surface area contributed by atoms with Gasteiger partial charge in [0, 0.05) is 22.7 Å². The summed E-state index contributed by atoms with van der Waals surface area (Å²) in [4.78, 5) is 50.4. The first-order valence-electron chi connectivity index (χ1n) is 9.83. The standard InChI is InChI=1S/C23H19N3O6/c1-2-32-19-10-6-5-9-18(19)26-22(30)16(21(29)24-23(26)31)11-14-12-25(13-20(27)28)17-8-4-3-7-15(14)17/h3-12H,2,13H2,1H3,(H,27,28)(H,24,29,31)/b16-11-. The minimum Gasteiger partial charge on any atom is -0.492 e. The van der Waals surface area contributed by atoms with E-state index in [4.69, 9.17) is 4.74 Å². The van der Waals surface area contributed by atoms with Crippen LogP contribution in [-0.2, 0) is 20.9 Å². The van der Waals surface area contributed by atoms with E-state index in [-0.39, 0.29) is 17.8 Å². The summed E-state index contributed by atoms with van der Waals surface area (Å²) in [6.07, 6.45) is 2.92. The molecule has 1 aromatic heterocycles. The predicted octanol–water partition coefficient (Wildman–Crippen LogP) is 2.79. The third kappa shape index (κ3) is 3.71. The van der Waals surface area contributed by atoms with E-state index in [1.54, 1.807) is 61.7 Å². The van der Waals surface area contributed by atoms with Crippen molar-refractivity contribution in [1.29, 1.82) is 0 Å². The number of carbonyl (C=O) groups excluding carboxylic acids is 3. The van der Waals surface area contributed by atoms with Crippen LogP contribution in [0.1, 0.15) is 12.5 Å². The Balaban J connectivity index is 1.81. The first kappa shape index (κ1) is 20.9. The van der Waals surface area contributed by atoms with Crippen LogP contribution in [0.25, 0.3) is 17.0 Å². The van der Waals surface area contributed by atoms with Crippen molar-refractivity contribution in [2.24, 2.45) is 0 Å². The molecule has 0 atom stereocenters. The first-order chi connectivity index (χ1) is 15.4. The molecule has 0 bridgehead atoms. The largest absolute Gasteiger partial charge is 0.492 e. The molecule has 9 heteroatoms. The van der Waals surface area contributed by atoms with Crippen LogP contribution < -0.4 is 15.0 Å². The summed E-state index contributed by atoms with van der Waals surface area (Å²) in [5, 5.41) is 12.0. The van der Waals surface area contributed by atoms with Crippen LogP contribution in [0.3, 0.4) is 0 Å². The first-order valence-corrected chi connectivity index (χ1v) is 9.83. The Bertz CT molecular complexity index is 1290. The highest BCUT2D eigenvalue weighted by atomic mass is 16.5. The summed E-state index contributed by atoms with van der Waals surface area (Å²) in [6, 6.07) is 12.7. The lowest BCUT2D eigenvalue weighted by Crippen LogP contribution is -2.54. The molecule has 1 aliphatic heterocycles. The normalized spacial score (nSPS) is 15.3. The lowest BCUT2D eigenvalue weighted by molar-refractivity contribution is -0.137.